The van der Waals surface area contributed by atoms with Crippen molar-refractivity contribution in [3.8, 4) is 0 Å². The third-order valence-corrected chi connectivity index (χ3v) is 5.73. The molecule has 0 bridgehead atoms. The largest absolute Gasteiger partial charge is 0.353 e. The Morgan fingerprint density at radius 1 is 1.38 bits per heavy atom. The second kappa shape index (κ2) is 8.92. The molecule has 0 unspecified atom stereocenters. The average Bonchev–Trinajstić information content (AvgIpc) is 2.80. The highest BCUT2D eigenvalue weighted by molar-refractivity contribution is 7.91. The molecular weight excluding hydrogens is 357 g/mol. The van der Waals surface area contributed by atoms with Gasteiger partial charge in [-0.1, -0.05) is 25.4 Å². The highest BCUT2D eigenvalue weighted by Gasteiger charge is 2.18. The van der Waals surface area contributed by atoms with Crippen molar-refractivity contribution in [2.24, 2.45) is 11.7 Å². The molecule has 0 aliphatic carbocycles. The van der Waals surface area contributed by atoms with Crippen LogP contribution in [0.5, 0.6) is 0 Å². The number of thiophene rings is 1. The molecule has 1 rings (SSSR count). The number of hydrogen-bond acceptors (Lipinski definition) is 5. The number of carbonyl (C=O) groups excluding carboxylic acids is 1. The molecule has 122 valence electrons. The van der Waals surface area contributed by atoms with Gasteiger partial charge in [0, 0.05) is 13.1 Å². The van der Waals surface area contributed by atoms with Crippen LogP contribution in [0.15, 0.2) is 16.3 Å². The molecule has 6 nitrogen and oxygen atoms in total. The van der Waals surface area contributed by atoms with Gasteiger partial charge < -0.3 is 11.1 Å². The van der Waals surface area contributed by atoms with E-state index >= 15 is 0 Å². The van der Waals surface area contributed by atoms with E-state index in [1.54, 1.807) is 0 Å². The summed E-state index contributed by atoms with van der Waals surface area (Å²) in [4.78, 5) is 11.6. The normalized spacial score (nSPS) is 12.8. The molecule has 1 heterocycles. The van der Waals surface area contributed by atoms with Crippen LogP contribution in [0.3, 0.4) is 0 Å². The molecule has 10 heteroatoms. The molecule has 0 aliphatic rings. The van der Waals surface area contributed by atoms with Crippen LogP contribution in [0, 0.1) is 5.92 Å². The fraction of sp³-hybridized carbons (Fsp3) is 0.545. The van der Waals surface area contributed by atoms with Crippen molar-refractivity contribution >= 4 is 51.3 Å². The Bertz CT molecular complexity index is 561. The van der Waals surface area contributed by atoms with Crippen molar-refractivity contribution in [3.63, 3.8) is 0 Å². The molecular formula is C11H19Cl2N3O3S2. The van der Waals surface area contributed by atoms with E-state index in [0.717, 1.165) is 11.3 Å². The van der Waals surface area contributed by atoms with Gasteiger partial charge in [0.15, 0.2) is 0 Å². The van der Waals surface area contributed by atoms with Crippen molar-refractivity contribution < 1.29 is 13.2 Å². The van der Waals surface area contributed by atoms with Gasteiger partial charge in [-0.05, 0) is 18.1 Å². The second-order valence-electron chi connectivity index (χ2n) is 4.52. The van der Waals surface area contributed by atoms with Gasteiger partial charge in [0.05, 0.1) is 10.4 Å². The topological polar surface area (TPSA) is 101 Å². The fourth-order valence-electron chi connectivity index (χ4n) is 1.30. The summed E-state index contributed by atoms with van der Waals surface area (Å²) in [7, 11) is -3.57. The van der Waals surface area contributed by atoms with Gasteiger partial charge in [0.2, 0.25) is 15.9 Å². The minimum Gasteiger partial charge on any atom is -0.353 e. The lowest BCUT2D eigenvalue weighted by atomic mass is 10.1. The Morgan fingerprint density at radius 2 is 2.00 bits per heavy atom. The molecule has 0 aromatic carbocycles. The van der Waals surface area contributed by atoms with Crippen molar-refractivity contribution in [2.75, 3.05) is 13.1 Å². The number of carbonyl (C=O) groups is 1. The summed E-state index contributed by atoms with van der Waals surface area (Å²) in [5.41, 5.74) is 5.66. The predicted molar refractivity (Wildman–Crippen MR) is 87.6 cm³/mol. The van der Waals surface area contributed by atoms with Crippen LogP contribution >= 0.6 is 35.3 Å². The van der Waals surface area contributed by atoms with Crippen LogP contribution in [0.25, 0.3) is 0 Å². The summed E-state index contributed by atoms with van der Waals surface area (Å²) in [6.07, 6.45) is 0. The number of sulfonamides is 1. The smallest absolute Gasteiger partial charge is 0.250 e. The number of amides is 1. The highest BCUT2D eigenvalue weighted by atomic mass is 35.5. The minimum absolute atomic E-state index is 0. The van der Waals surface area contributed by atoms with Crippen molar-refractivity contribution in [2.45, 2.75) is 24.1 Å². The monoisotopic (exact) mass is 375 g/mol. The Morgan fingerprint density at radius 3 is 2.48 bits per heavy atom. The van der Waals surface area contributed by atoms with E-state index in [1.165, 1.54) is 12.1 Å². The van der Waals surface area contributed by atoms with Crippen LogP contribution < -0.4 is 15.8 Å². The molecule has 21 heavy (non-hydrogen) atoms. The summed E-state index contributed by atoms with van der Waals surface area (Å²) in [6, 6.07) is 2.36. The number of nitrogens with two attached hydrogens (primary N) is 1. The maximum atomic E-state index is 11.8. The van der Waals surface area contributed by atoms with E-state index in [2.05, 4.69) is 10.0 Å². The maximum Gasteiger partial charge on any atom is 0.250 e. The van der Waals surface area contributed by atoms with Crippen molar-refractivity contribution in [1.29, 1.82) is 0 Å². The van der Waals surface area contributed by atoms with Gasteiger partial charge in [-0.15, -0.1) is 23.7 Å². The summed E-state index contributed by atoms with van der Waals surface area (Å²) >= 11 is 6.66. The number of hydrogen-bond donors (Lipinski definition) is 3. The molecule has 4 N–H and O–H groups in total. The van der Waals surface area contributed by atoms with Crippen molar-refractivity contribution in [1.82, 2.24) is 10.0 Å². The molecule has 0 fully saturated rings. The Kier molecular flexibility index (Phi) is 8.76. The van der Waals surface area contributed by atoms with E-state index in [9.17, 15) is 13.2 Å². The van der Waals surface area contributed by atoms with Gasteiger partial charge in [0.1, 0.15) is 4.21 Å². The lowest BCUT2D eigenvalue weighted by Crippen LogP contribution is -2.46. The van der Waals surface area contributed by atoms with E-state index in [0.29, 0.717) is 4.34 Å². The van der Waals surface area contributed by atoms with E-state index in [-0.39, 0.29) is 41.5 Å². The lowest BCUT2D eigenvalue weighted by Gasteiger charge is -2.15. The molecule has 0 saturated carbocycles. The first-order chi connectivity index (χ1) is 9.24. The third-order valence-electron chi connectivity index (χ3n) is 2.55. The molecule has 0 spiro atoms. The fourth-order valence-corrected chi connectivity index (χ4v) is 3.86. The third kappa shape index (κ3) is 6.50. The second-order valence-corrected chi connectivity index (χ2v) is 8.23. The van der Waals surface area contributed by atoms with Crippen LogP contribution in [-0.2, 0) is 14.8 Å². The summed E-state index contributed by atoms with van der Waals surface area (Å²) in [5.74, 6) is -0.265. The first kappa shape index (κ1) is 20.6. The summed E-state index contributed by atoms with van der Waals surface area (Å²) < 4.78 is 26.6. The number of rotatable bonds is 7. The maximum absolute atomic E-state index is 11.8. The molecule has 1 aromatic heterocycles. The summed E-state index contributed by atoms with van der Waals surface area (Å²) in [6.45, 7) is 3.95. The first-order valence-corrected chi connectivity index (χ1v) is 8.70. The van der Waals surface area contributed by atoms with Crippen LogP contribution in [0.4, 0.5) is 0 Å². The molecule has 0 saturated heterocycles. The van der Waals surface area contributed by atoms with Gasteiger partial charge >= 0.3 is 0 Å². The minimum atomic E-state index is -3.57. The molecule has 1 atom stereocenters. The van der Waals surface area contributed by atoms with E-state index < -0.39 is 16.1 Å². The predicted octanol–water partition coefficient (Wildman–Crippen LogP) is 1.20. The SMILES string of the molecule is CC(C)[C@H](N)C(=O)NCCNS(=O)(=O)c1ccc(Cl)s1.Cl. The van der Waals surface area contributed by atoms with Crippen LogP contribution in [0.2, 0.25) is 4.34 Å². The lowest BCUT2D eigenvalue weighted by molar-refractivity contribution is -0.123. The zero-order valence-electron chi connectivity index (χ0n) is 11.6. The first-order valence-electron chi connectivity index (χ1n) is 6.02. The average molecular weight is 376 g/mol. The van der Waals surface area contributed by atoms with Gasteiger partial charge in [-0.3, -0.25) is 4.79 Å². The van der Waals surface area contributed by atoms with Gasteiger partial charge in [0.25, 0.3) is 0 Å². The summed E-state index contributed by atoms with van der Waals surface area (Å²) in [5, 5.41) is 2.58. The van der Waals surface area contributed by atoms with E-state index in [1.807, 2.05) is 13.8 Å². The molecule has 0 radical (unpaired) electrons. The quantitative estimate of drug-likeness (QED) is 0.623. The number of nitrogens with one attached hydrogen (secondary N) is 2. The van der Waals surface area contributed by atoms with Crippen LogP contribution in [-0.4, -0.2) is 33.5 Å². The van der Waals surface area contributed by atoms with Gasteiger partial charge in [-0.2, -0.15) is 0 Å². The Hall–Kier alpha value is -0.380. The molecule has 1 amide bonds. The number of halogens is 2. The molecule has 1 aromatic rings. The van der Waals surface area contributed by atoms with Crippen LogP contribution in [0.1, 0.15) is 13.8 Å². The zero-order chi connectivity index (χ0) is 15.3. The Labute approximate surface area is 139 Å². The van der Waals surface area contributed by atoms with E-state index in [4.69, 9.17) is 17.3 Å². The van der Waals surface area contributed by atoms with Gasteiger partial charge in [-0.25, -0.2) is 13.1 Å². The highest BCUT2D eigenvalue weighted by Crippen LogP contribution is 2.25. The standard InChI is InChI=1S/C11H18ClN3O3S2.ClH/c1-7(2)10(13)11(16)14-5-6-15-20(17,18)9-4-3-8(12)19-9;/h3-4,7,10,15H,5-6,13H2,1-2H3,(H,14,16);1H/t10-;/m0./s1. The van der Waals surface area contributed by atoms with Crippen molar-refractivity contribution in [3.05, 3.63) is 16.5 Å². The zero-order valence-corrected chi connectivity index (χ0v) is 14.8. The molecule has 0 aliphatic heterocycles. The Balaban J connectivity index is 0.00000400.